The van der Waals surface area contributed by atoms with Crippen molar-refractivity contribution in [3.63, 3.8) is 0 Å². The normalized spacial score (nSPS) is 11.4. The average Bonchev–Trinajstić information content (AvgIpc) is 3.14. The van der Waals surface area contributed by atoms with E-state index in [1.54, 1.807) is 51.6 Å². The second kappa shape index (κ2) is 9.99. The zero-order chi connectivity index (χ0) is 25.8. The number of rotatable bonds is 4. The highest BCUT2D eigenvalue weighted by Crippen LogP contribution is 2.25. The third kappa shape index (κ3) is 6.60. The molecule has 0 unspecified atom stereocenters. The number of carbonyl (C=O) groups is 2. The van der Waals surface area contributed by atoms with Gasteiger partial charge in [0.2, 0.25) is 0 Å². The number of imidazole rings is 1. The number of hydrogen-bond donors (Lipinski definition) is 2. The minimum Gasteiger partial charge on any atom is -0.475 e. The summed E-state index contributed by atoms with van der Waals surface area (Å²) in [6, 6.07) is 5.09. The quantitative estimate of drug-likeness (QED) is 0.557. The Balaban J connectivity index is 0.000000509. The molecule has 0 spiro atoms. The van der Waals surface area contributed by atoms with Gasteiger partial charge in [-0.25, -0.2) is 18.2 Å². The lowest BCUT2D eigenvalue weighted by Crippen LogP contribution is -2.22. The van der Waals surface area contributed by atoms with Gasteiger partial charge in [-0.3, -0.25) is 14.8 Å². The second-order valence-corrected chi connectivity index (χ2v) is 9.19. The number of halogens is 3. The van der Waals surface area contributed by atoms with Crippen molar-refractivity contribution in [2.75, 3.05) is 20.4 Å². The van der Waals surface area contributed by atoms with Gasteiger partial charge < -0.3 is 15.0 Å². The Labute approximate surface area is 192 Å². The summed E-state index contributed by atoms with van der Waals surface area (Å²) in [6.07, 6.45) is 0.557. The first-order valence-electron chi connectivity index (χ1n) is 9.31. The lowest BCUT2D eigenvalue weighted by atomic mass is 10.1. The van der Waals surface area contributed by atoms with E-state index in [2.05, 4.69) is 19.9 Å². The monoisotopic (exact) mass is 499 g/mol. The Morgan fingerprint density at radius 1 is 1.12 bits per heavy atom. The van der Waals surface area contributed by atoms with E-state index in [9.17, 15) is 26.4 Å². The predicted molar refractivity (Wildman–Crippen MR) is 115 cm³/mol. The minimum atomic E-state index is -5.08. The summed E-state index contributed by atoms with van der Waals surface area (Å²) in [5.74, 6) is -2.49. The maximum atomic E-state index is 12.2. The number of alkyl halides is 3. The molecule has 0 aliphatic rings. The number of aromatic nitrogens is 4. The number of hydrogen-bond acceptors (Lipinski definition) is 7. The smallest absolute Gasteiger partial charge is 0.475 e. The van der Waals surface area contributed by atoms with Crippen LogP contribution in [0.3, 0.4) is 0 Å². The Hall–Kier alpha value is -3.81. The molecule has 10 nitrogen and oxygen atoms in total. The summed E-state index contributed by atoms with van der Waals surface area (Å²) >= 11 is 0. The Kier molecular flexibility index (Phi) is 7.77. The number of carboxylic acids is 1. The largest absolute Gasteiger partial charge is 0.490 e. The molecular formula is C20H20F3N5O5S. The van der Waals surface area contributed by atoms with Crippen molar-refractivity contribution in [3.05, 3.63) is 48.2 Å². The predicted octanol–water partition coefficient (Wildman–Crippen LogP) is 2.58. The van der Waals surface area contributed by atoms with E-state index in [4.69, 9.17) is 9.90 Å². The van der Waals surface area contributed by atoms with Crippen LogP contribution in [-0.2, 0) is 14.6 Å². The van der Waals surface area contributed by atoms with Gasteiger partial charge >= 0.3 is 12.1 Å². The van der Waals surface area contributed by atoms with E-state index < -0.39 is 22.0 Å². The molecule has 34 heavy (non-hydrogen) atoms. The zero-order valence-corrected chi connectivity index (χ0v) is 19.2. The zero-order valence-electron chi connectivity index (χ0n) is 18.4. The molecule has 3 rings (SSSR count). The topological polar surface area (TPSA) is 146 Å². The third-order valence-electron chi connectivity index (χ3n) is 4.21. The van der Waals surface area contributed by atoms with Crippen molar-refractivity contribution in [1.82, 2.24) is 24.8 Å². The van der Waals surface area contributed by atoms with Gasteiger partial charge in [-0.05, 0) is 30.7 Å². The summed E-state index contributed by atoms with van der Waals surface area (Å²) in [5, 5.41) is 7.12. The van der Waals surface area contributed by atoms with Crippen LogP contribution in [0.4, 0.5) is 13.2 Å². The van der Waals surface area contributed by atoms with E-state index in [1.165, 1.54) is 11.1 Å². The maximum absolute atomic E-state index is 12.2. The highest BCUT2D eigenvalue weighted by Gasteiger charge is 2.38. The standard InChI is InChI=1S/C18H19N5O3S.C2HF3O2/c1-11-16(18(24)23(2)3)22-17(21-11)15-8-12(5-6-20-15)13-7-14(10-19-9-13)27(4,25)26;3-2(4,5)1(6)7/h5-10H,1-4H3,(H,21,22);(H,6,7). The molecule has 0 aliphatic carbocycles. The molecule has 3 aromatic rings. The van der Waals surface area contributed by atoms with Crippen molar-refractivity contribution < 1.29 is 36.3 Å². The molecule has 182 valence electrons. The Morgan fingerprint density at radius 3 is 2.26 bits per heavy atom. The number of pyridine rings is 2. The summed E-state index contributed by atoms with van der Waals surface area (Å²) in [5.41, 5.74) is 2.92. The van der Waals surface area contributed by atoms with Crippen LogP contribution in [0.1, 0.15) is 16.2 Å². The van der Waals surface area contributed by atoms with E-state index in [1.807, 2.05) is 0 Å². The molecular weight excluding hydrogens is 479 g/mol. The lowest BCUT2D eigenvalue weighted by Gasteiger charge is -2.07. The fourth-order valence-electron chi connectivity index (χ4n) is 2.52. The van der Waals surface area contributed by atoms with Gasteiger partial charge in [-0.1, -0.05) is 0 Å². The summed E-state index contributed by atoms with van der Waals surface area (Å²) in [6.45, 7) is 1.77. The lowest BCUT2D eigenvalue weighted by molar-refractivity contribution is -0.192. The van der Waals surface area contributed by atoms with Crippen molar-refractivity contribution in [3.8, 4) is 22.6 Å². The van der Waals surface area contributed by atoms with Gasteiger partial charge in [-0.15, -0.1) is 0 Å². The Morgan fingerprint density at radius 2 is 1.74 bits per heavy atom. The number of H-pyrrole nitrogens is 1. The highest BCUT2D eigenvalue weighted by molar-refractivity contribution is 7.90. The molecule has 2 N–H and O–H groups in total. The second-order valence-electron chi connectivity index (χ2n) is 7.17. The van der Waals surface area contributed by atoms with Crippen LogP contribution in [0.5, 0.6) is 0 Å². The number of nitrogens with one attached hydrogen (secondary N) is 1. The molecule has 0 saturated heterocycles. The van der Waals surface area contributed by atoms with Gasteiger partial charge in [0.05, 0.1) is 4.90 Å². The van der Waals surface area contributed by atoms with E-state index in [-0.39, 0.29) is 10.8 Å². The number of aliphatic carboxylic acids is 1. The number of carbonyl (C=O) groups excluding carboxylic acids is 1. The molecule has 0 saturated carbocycles. The summed E-state index contributed by atoms with van der Waals surface area (Å²) in [7, 11) is -0.0274. The molecule has 0 bridgehead atoms. The molecule has 0 atom stereocenters. The molecule has 3 aromatic heterocycles. The number of amides is 1. The van der Waals surface area contributed by atoms with Gasteiger partial charge in [0, 0.05) is 50.2 Å². The van der Waals surface area contributed by atoms with Crippen molar-refractivity contribution >= 4 is 21.7 Å². The third-order valence-corrected chi connectivity index (χ3v) is 5.29. The summed E-state index contributed by atoms with van der Waals surface area (Å²) < 4.78 is 55.3. The molecule has 1 amide bonds. The van der Waals surface area contributed by atoms with Crippen LogP contribution in [0.15, 0.2) is 41.7 Å². The van der Waals surface area contributed by atoms with Crippen molar-refractivity contribution in [2.45, 2.75) is 18.0 Å². The number of aryl methyl sites for hydroxylation is 1. The van der Waals surface area contributed by atoms with Crippen LogP contribution < -0.4 is 0 Å². The van der Waals surface area contributed by atoms with Gasteiger partial charge in [-0.2, -0.15) is 13.2 Å². The highest BCUT2D eigenvalue weighted by atomic mass is 32.2. The van der Waals surface area contributed by atoms with Crippen molar-refractivity contribution in [2.24, 2.45) is 0 Å². The molecule has 0 aromatic carbocycles. The van der Waals surface area contributed by atoms with E-state index in [0.717, 1.165) is 11.8 Å². The SMILES string of the molecule is Cc1[nH]c(-c2cc(-c3cncc(S(C)(=O)=O)c3)ccn2)nc1C(=O)N(C)C.O=C(O)C(F)(F)F. The first-order chi connectivity index (χ1) is 15.6. The van der Waals surface area contributed by atoms with E-state index >= 15 is 0 Å². The summed E-state index contributed by atoms with van der Waals surface area (Å²) in [4.78, 5) is 38.5. The van der Waals surface area contributed by atoms with Crippen LogP contribution in [0.2, 0.25) is 0 Å². The number of aromatic amines is 1. The van der Waals surface area contributed by atoms with Gasteiger partial charge in [0.25, 0.3) is 5.91 Å². The average molecular weight is 499 g/mol. The minimum absolute atomic E-state index is 0.145. The fourth-order valence-corrected chi connectivity index (χ4v) is 3.11. The first kappa shape index (κ1) is 26.4. The molecule has 0 radical (unpaired) electrons. The number of sulfone groups is 1. The molecule has 14 heteroatoms. The molecule has 0 fully saturated rings. The van der Waals surface area contributed by atoms with Gasteiger partial charge in [0.15, 0.2) is 15.7 Å². The first-order valence-corrected chi connectivity index (χ1v) is 11.2. The Bertz CT molecular complexity index is 1320. The maximum Gasteiger partial charge on any atom is 0.490 e. The van der Waals surface area contributed by atoms with Crippen LogP contribution in [0, 0.1) is 6.92 Å². The van der Waals surface area contributed by atoms with Crippen LogP contribution >= 0.6 is 0 Å². The number of nitrogens with zero attached hydrogens (tertiary/aromatic N) is 4. The van der Waals surface area contributed by atoms with Crippen molar-refractivity contribution in [1.29, 1.82) is 0 Å². The van der Waals surface area contributed by atoms with Crippen LogP contribution in [0.25, 0.3) is 22.6 Å². The number of carboxylic acid groups (broad SMARTS) is 1. The molecule has 0 aliphatic heterocycles. The van der Waals surface area contributed by atoms with Gasteiger partial charge in [0.1, 0.15) is 11.4 Å². The fraction of sp³-hybridized carbons (Fsp3) is 0.250. The van der Waals surface area contributed by atoms with Crippen LogP contribution in [-0.4, -0.2) is 76.8 Å². The van der Waals surface area contributed by atoms with E-state index in [0.29, 0.717) is 28.5 Å². The molecule has 3 heterocycles.